The lowest BCUT2D eigenvalue weighted by Gasteiger charge is -2.11. The molecule has 2 N–H and O–H groups in total. The van der Waals surface area contributed by atoms with E-state index in [0.717, 1.165) is 16.1 Å². The molecule has 2 amide bonds. The maximum Gasteiger partial charge on any atom is 0.390 e. The molecule has 0 atom stereocenters. The molecule has 3 rings (SSSR count). The average molecular weight is 401 g/mol. The molecule has 0 saturated carbocycles. The Labute approximate surface area is 152 Å². The highest BCUT2D eigenvalue weighted by Crippen LogP contribution is 2.30. The van der Waals surface area contributed by atoms with Crippen molar-refractivity contribution in [3.05, 3.63) is 47.3 Å². The number of amides is 2. The zero-order valence-electron chi connectivity index (χ0n) is 13.9. The van der Waals surface area contributed by atoms with Crippen LogP contribution in [0.25, 0.3) is 0 Å². The Morgan fingerprint density at radius 3 is 2.63 bits per heavy atom. The topological polar surface area (TPSA) is 97.3 Å². The van der Waals surface area contributed by atoms with Gasteiger partial charge < -0.3 is 10.6 Å². The molecule has 1 aliphatic rings. The molecular formula is C16H14F3N3O4S. The number of hydrogen-bond acceptors (Lipinski definition) is 4. The Balaban J connectivity index is 1.93. The fourth-order valence-corrected chi connectivity index (χ4v) is 4.18. The van der Waals surface area contributed by atoms with Crippen LogP contribution in [0.1, 0.15) is 32.8 Å². The summed E-state index contributed by atoms with van der Waals surface area (Å²) in [6.45, 7) is 1.02. The van der Waals surface area contributed by atoms with Gasteiger partial charge in [0.05, 0.1) is 12.1 Å². The van der Waals surface area contributed by atoms with E-state index in [1.54, 1.807) is 6.92 Å². The molecule has 7 nitrogen and oxygen atoms in total. The number of aromatic nitrogens is 1. The van der Waals surface area contributed by atoms with E-state index in [2.05, 4.69) is 10.6 Å². The molecule has 1 aromatic carbocycles. The normalized spacial score (nSPS) is 15.3. The zero-order chi connectivity index (χ0) is 20.0. The van der Waals surface area contributed by atoms with Gasteiger partial charge in [-0.15, -0.1) is 0 Å². The maximum atomic E-state index is 12.8. The Morgan fingerprint density at radius 1 is 1.26 bits per heavy atom. The van der Waals surface area contributed by atoms with Crippen LogP contribution in [0.2, 0.25) is 0 Å². The van der Waals surface area contributed by atoms with Crippen molar-refractivity contribution in [3.63, 3.8) is 0 Å². The molecule has 2 aromatic rings. The summed E-state index contributed by atoms with van der Waals surface area (Å²) in [4.78, 5) is 24.1. The molecule has 27 heavy (non-hydrogen) atoms. The number of alkyl halides is 3. The van der Waals surface area contributed by atoms with Crippen LogP contribution in [-0.4, -0.2) is 36.9 Å². The zero-order valence-corrected chi connectivity index (χ0v) is 14.7. The van der Waals surface area contributed by atoms with Crippen LogP contribution < -0.4 is 10.6 Å². The number of rotatable bonds is 3. The molecule has 11 heteroatoms. The van der Waals surface area contributed by atoms with E-state index in [4.69, 9.17) is 0 Å². The monoisotopic (exact) mass is 401 g/mol. The van der Waals surface area contributed by atoms with Gasteiger partial charge in [0.25, 0.3) is 21.8 Å². The van der Waals surface area contributed by atoms with Crippen molar-refractivity contribution in [1.82, 2.24) is 9.29 Å². The second kappa shape index (κ2) is 6.41. The van der Waals surface area contributed by atoms with Crippen LogP contribution in [0.4, 0.5) is 18.9 Å². The van der Waals surface area contributed by atoms with E-state index in [-0.39, 0.29) is 21.8 Å². The van der Waals surface area contributed by atoms with Crippen molar-refractivity contribution >= 4 is 27.5 Å². The van der Waals surface area contributed by atoms with Gasteiger partial charge in [-0.25, -0.2) is 12.4 Å². The van der Waals surface area contributed by atoms with Gasteiger partial charge in [0.2, 0.25) is 0 Å². The lowest BCUT2D eigenvalue weighted by Crippen LogP contribution is -2.28. The first-order valence-electron chi connectivity index (χ1n) is 7.74. The first-order chi connectivity index (χ1) is 12.5. The van der Waals surface area contributed by atoms with Crippen molar-refractivity contribution in [2.75, 3.05) is 11.9 Å². The largest absolute Gasteiger partial charge is 0.390 e. The highest BCUT2D eigenvalue weighted by atomic mass is 32.2. The maximum absolute atomic E-state index is 12.8. The number of carbonyl (C=O) groups excluding carboxylic acids is 2. The molecular weight excluding hydrogens is 387 g/mol. The van der Waals surface area contributed by atoms with E-state index >= 15 is 0 Å². The molecule has 144 valence electrons. The Morgan fingerprint density at radius 2 is 1.96 bits per heavy atom. The first-order valence-corrected chi connectivity index (χ1v) is 9.18. The van der Waals surface area contributed by atoms with E-state index in [1.165, 1.54) is 18.3 Å². The summed E-state index contributed by atoms with van der Waals surface area (Å²) in [7, 11) is -4.08. The number of fused-ring (bicyclic) bond motifs is 2. The van der Waals surface area contributed by atoms with Crippen LogP contribution in [0.3, 0.4) is 0 Å². The molecule has 0 unspecified atom stereocenters. The molecule has 2 heterocycles. The van der Waals surface area contributed by atoms with Crippen LogP contribution in [0.15, 0.2) is 35.4 Å². The van der Waals surface area contributed by atoms with Crippen molar-refractivity contribution in [3.8, 4) is 0 Å². The lowest BCUT2D eigenvalue weighted by atomic mass is 10.1. The summed E-state index contributed by atoms with van der Waals surface area (Å²) >= 11 is 0. The summed E-state index contributed by atoms with van der Waals surface area (Å²) in [6, 6.07) is 4.83. The molecule has 1 aliphatic heterocycles. The SMILES string of the molecule is Cc1cc2n(c1)S(=O)(=O)c1ccc(C(=O)NCCC(F)(F)F)cc1NC2=O. The van der Waals surface area contributed by atoms with Gasteiger partial charge in [-0.1, -0.05) is 0 Å². The van der Waals surface area contributed by atoms with Crippen molar-refractivity contribution < 1.29 is 31.2 Å². The summed E-state index contributed by atoms with van der Waals surface area (Å²) < 4.78 is 62.9. The fourth-order valence-electron chi connectivity index (χ4n) is 2.64. The fraction of sp³-hybridized carbons (Fsp3) is 0.250. The predicted molar refractivity (Wildman–Crippen MR) is 89.2 cm³/mol. The van der Waals surface area contributed by atoms with E-state index in [1.807, 2.05) is 0 Å². The molecule has 0 spiro atoms. The summed E-state index contributed by atoms with van der Waals surface area (Å²) in [6.07, 6.45) is -4.30. The summed E-state index contributed by atoms with van der Waals surface area (Å²) in [5.74, 6) is -1.49. The number of benzene rings is 1. The second-order valence-electron chi connectivity index (χ2n) is 5.99. The summed E-state index contributed by atoms with van der Waals surface area (Å²) in [5, 5.41) is 4.53. The van der Waals surface area contributed by atoms with Gasteiger partial charge in [0.15, 0.2) is 0 Å². The minimum absolute atomic E-state index is 0.0748. The standard InChI is InChI=1S/C16H14F3N3O4S/c1-9-6-12-15(24)21-11-7-10(14(23)20-5-4-16(17,18)19)2-3-13(11)27(25,26)22(12)8-9/h2-3,6-8H,4-5H2,1H3,(H,20,23)(H,21,24). The number of carbonyl (C=O) groups is 2. The number of nitrogens with one attached hydrogen (secondary N) is 2. The lowest BCUT2D eigenvalue weighted by molar-refractivity contribution is -0.133. The Bertz CT molecular complexity index is 1040. The van der Waals surface area contributed by atoms with Gasteiger partial charge in [-0.05, 0) is 36.8 Å². The number of anilines is 1. The smallest absolute Gasteiger partial charge is 0.352 e. The Kier molecular flexibility index (Phi) is 4.50. The Hall–Kier alpha value is -2.82. The molecule has 0 saturated heterocycles. The first kappa shape index (κ1) is 19.0. The van der Waals surface area contributed by atoms with Crippen LogP contribution in [0.5, 0.6) is 0 Å². The predicted octanol–water partition coefficient (Wildman–Crippen LogP) is 2.28. The van der Waals surface area contributed by atoms with E-state index in [0.29, 0.717) is 5.56 Å². The quantitative estimate of drug-likeness (QED) is 0.825. The molecule has 0 fully saturated rings. The van der Waals surface area contributed by atoms with Crippen molar-refractivity contribution in [2.24, 2.45) is 0 Å². The van der Waals surface area contributed by atoms with Crippen LogP contribution in [-0.2, 0) is 10.0 Å². The summed E-state index contributed by atoms with van der Waals surface area (Å²) in [5.41, 5.74) is 0.298. The van der Waals surface area contributed by atoms with Gasteiger partial charge in [-0.3, -0.25) is 9.59 Å². The van der Waals surface area contributed by atoms with Gasteiger partial charge in [0, 0.05) is 18.3 Å². The van der Waals surface area contributed by atoms with E-state index < -0.39 is 41.0 Å². The van der Waals surface area contributed by atoms with E-state index in [9.17, 15) is 31.2 Å². The minimum atomic E-state index is -4.41. The molecule has 0 radical (unpaired) electrons. The van der Waals surface area contributed by atoms with Crippen molar-refractivity contribution in [1.29, 1.82) is 0 Å². The molecule has 0 bridgehead atoms. The number of hydrogen-bond donors (Lipinski definition) is 2. The highest BCUT2D eigenvalue weighted by Gasteiger charge is 2.31. The molecule has 1 aromatic heterocycles. The van der Waals surface area contributed by atoms with Crippen LogP contribution >= 0.6 is 0 Å². The van der Waals surface area contributed by atoms with Gasteiger partial charge >= 0.3 is 6.18 Å². The number of halogens is 3. The third-order valence-electron chi connectivity index (χ3n) is 3.88. The van der Waals surface area contributed by atoms with Crippen molar-refractivity contribution in [2.45, 2.75) is 24.4 Å². The highest BCUT2D eigenvalue weighted by molar-refractivity contribution is 7.90. The number of nitrogens with zero attached hydrogens (tertiary/aromatic N) is 1. The van der Waals surface area contributed by atoms with Gasteiger partial charge in [-0.2, -0.15) is 13.2 Å². The molecule has 0 aliphatic carbocycles. The third kappa shape index (κ3) is 3.68. The average Bonchev–Trinajstić information content (AvgIpc) is 2.93. The van der Waals surface area contributed by atoms with Crippen LogP contribution in [0, 0.1) is 6.92 Å². The van der Waals surface area contributed by atoms with Gasteiger partial charge in [0.1, 0.15) is 10.6 Å². The second-order valence-corrected chi connectivity index (χ2v) is 7.77. The number of aryl methyl sites for hydroxylation is 1. The third-order valence-corrected chi connectivity index (χ3v) is 5.61. The minimum Gasteiger partial charge on any atom is -0.352 e.